The molecule has 190 valence electrons. The van der Waals surface area contributed by atoms with Gasteiger partial charge >= 0.3 is 0 Å². The molecule has 1 atom stereocenters. The molecule has 2 aromatic heterocycles. The van der Waals surface area contributed by atoms with E-state index in [0.717, 1.165) is 59.4 Å². The standard InChI is InChI=1S/C27H38N4O3S/c1-19(2)35(32,33)31-14-6-8-22(18-31)25-24-16-20(3)17-28-27(24)29-26(25)21-9-11-23(12-10-21)34-15-7-13-30(4)5/h9-12,16-17,19,22H,6-8,13-15,18H2,1-5H3,(H,28,29). The number of hydrogen-bond donors (Lipinski definition) is 1. The van der Waals surface area contributed by atoms with Crippen LogP contribution in [0.4, 0.5) is 0 Å². The highest BCUT2D eigenvalue weighted by molar-refractivity contribution is 7.89. The number of sulfonamides is 1. The molecule has 3 aromatic rings. The second-order valence-corrected chi connectivity index (χ2v) is 12.6. The molecule has 0 saturated carbocycles. The lowest BCUT2D eigenvalue weighted by molar-refractivity contribution is 0.281. The summed E-state index contributed by atoms with van der Waals surface area (Å²) < 4.78 is 33.5. The first-order valence-electron chi connectivity index (χ1n) is 12.5. The highest BCUT2D eigenvalue weighted by Gasteiger charge is 2.34. The number of pyridine rings is 1. The summed E-state index contributed by atoms with van der Waals surface area (Å²) in [5, 5.41) is 0.663. The van der Waals surface area contributed by atoms with Crippen molar-refractivity contribution in [3.8, 4) is 17.0 Å². The Balaban J connectivity index is 1.66. The fourth-order valence-corrected chi connectivity index (χ4v) is 6.21. The summed E-state index contributed by atoms with van der Waals surface area (Å²) in [7, 11) is 0.828. The van der Waals surface area contributed by atoms with Crippen LogP contribution in [0.2, 0.25) is 0 Å². The number of piperidine rings is 1. The summed E-state index contributed by atoms with van der Waals surface area (Å²) in [5.41, 5.74) is 5.17. The van der Waals surface area contributed by atoms with Gasteiger partial charge in [-0.1, -0.05) is 0 Å². The molecule has 0 aliphatic carbocycles. The molecule has 0 amide bonds. The van der Waals surface area contributed by atoms with Crippen molar-refractivity contribution in [1.29, 1.82) is 0 Å². The van der Waals surface area contributed by atoms with Crippen LogP contribution in [-0.4, -0.2) is 73.2 Å². The zero-order valence-electron chi connectivity index (χ0n) is 21.5. The Kier molecular flexibility index (Phi) is 7.83. The third kappa shape index (κ3) is 5.71. The topological polar surface area (TPSA) is 78.5 Å². The summed E-state index contributed by atoms with van der Waals surface area (Å²) in [6.45, 7) is 8.32. The average Bonchev–Trinajstić information content (AvgIpc) is 3.20. The van der Waals surface area contributed by atoms with E-state index in [1.54, 1.807) is 18.2 Å². The third-order valence-corrected chi connectivity index (χ3v) is 8.98. The van der Waals surface area contributed by atoms with E-state index in [-0.39, 0.29) is 5.92 Å². The minimum atomic E-state index is -3.30. The van der Waals surface area contributed by atoms with Gasteiger partial charge in [0.25, 0.3) is 0 Å². The molecule has 1 aromatic carbocycles. The van der Waals surface area contributed by atoms with Crippen LogP contribution < -0.4 is 4.74 Å². The predicted molar refractivity (Wildman–Crippen MR) is 143 cm³/mol. The molecule has 0 bridgehead atoms. The molecule has 4 rings (SSSR count). The number of benzene rings is 1. The minimum absolute atomic E-state index is 0.103. The summed E-state index contributed by atoms with van der Waals surface area (Å²) in [6.07, 6.45) is 4.64. The highest BCUT2D eigenvalue weighted by atomic mass is 32.2. The van der Waals surface area contributed by atoms with Crippen LogP contribution in [0.15, 0.2) is 36.5 Å². The first kappa shape index (κ1) is 25.7. The van der Waals surface area contributed by atoms with Crippen LogP contribution in [0.1, 0.15) is 50.2 Å². The van der Waals surface area contributed by atoms with Crippen molar-refractivity contribution in [3.63, 3.8) is 0 Å². The fourth-order valence-electron chi connectivity index (χ4n) is 4.84. The van der Waals surface area contributed by atoms with Crippen LogP contribution in [-0.2, 0) is 10.0 Å². The molecule has 7 nitrogen and oxygen atoms in total. The zero-order chi connectivity index (χ0) is 25.2. The Labute approximate surface area is 209 Å². The number of aryl methyl sites for hydroxylation is 1. The SMILES string of the molecule is Cc1cnc2[nH]c(-c3ccc(OCCCN(C)C)cc3)c(C3CCCN(S(=O)(=O)C(C)C)C3)c2c1. The predicted octanol–water partition coefficient (Wildman–Crippen LogP) is 4.79. The zero-order valence-corrected chi connectivity index (χ0v) is 22.4. The minimum Gasteiger partial charge on any atom is -0.494 e. The van der Waals surface area contributed by atoms with Crippen molar-refractivity contribution < 1.29 is 13.2 Å². The van der Waals surface area contributed by atoms with Gasteiger partial charge < -0.3 is 14.6 Å². The quantitative estimate of drug-likeness (QED) is 0.429. The van der Waals surface area contributed by atoms with Gasteiger partial charge in [-0.05, 0) is 101 Å². The number of nitrogens with zero attached hydrogens (tertiary/aromatic N) is 3. The molecular weight excluding hydrogens is 460 g/mol. The second-order valence-electron chi connectivity index (χ2n) is 10.1. The molecular formula is C27H38N4O3S. The molecule has 3 heterocycles. The van der Waals surface area contributed by atoms with Gasteiger partial charge in [0.2, 0.25) is 10.0 Å². The number of H-pyrrole nitrogens is 1. The van der Waals surface area contributed by atoms with Gasteiger partial charge in [-0.15, -0.1) is 0 Å². The van der Waals surface area contributed by atoms with E-state index in [1.807, 2.05) is 25.3 Å². The lowest BCUT2D eigenvalue weighted by Gasteiger charge is -2.33. The van der Waals surface area contributed by atoms with Crippen molar-refractivity contribution in [1.82, 2.24) is 19.2 Å². The number of aromatic amines is 1. The van der Waals surface area contributed by atoms with Gasteiger partial charge in [0.05, 0.1) is 17.6 Å². The number of nitrogens with one attached hydrogen (secondary N) is 1. The Morgan fingerprint density at radius 3 is 2.66 bits per heavy atom. The smallest absolute Gasteiger partial charge is 0.216 e. The molecule has 1 fully saturated rings. The summed E-state index contributed by atoms with van der Waals surface area (Å²) in [4.78, 5) is 10.3. The van der Waals surface area contributed by atoms with Gasteiger partial charge in [0.15, 0.2) is 0 Å². The molecule has 0 spiro atoms. The van der Waals surface area contributed by atoms with E-state index >= 15 is 0 Å². The van der Waals surface area contributed by atoms with E-state index in [4.69, 9.17) is 4.74 Å². The van der Waals surface area contributed by atoms with Crippen LogP contribution in [0, 0.1) is 6.92 Å². The molecule has 1 aliphatic rings. The normalized spacial score (nSPS) is 17.5. The van der Waals surface area contributed by atoms with Crippen LogP contribution in [0.25, 0.3) is 22.3 Å². The molecule has 1 unspecified atom stereocenters. The maximum absolute atomic E-state index is 12.9. The van der Waals surface area contributed by atoms with Crippen molar-refractivity contribution in [2.45, 2.75) is 51.2 Å². The fraction of sp³-hybridized carbons (Fsp3) is 0.519. The maximum Gasteiger partial charge on any atom is 0.216 e. The van der Waals surface area contributed by atoms with E-state index in [2.05, 4.69) is 47.2 Å². The monoisotopic (exact) mass is 498 g/mol. The number of ether oxygens (including phenoxy) is 1. The Hall–Kier alpha value is -2.42. The second kappa shape index (κ2) is 10.7. The summed E-state index contributed by atoms with van der Waals surface area (Å²) in [5.74, 6) is 0.956. The van der Waals surface area contributed by atoms with E-state index in [9.17, 15) is 8.42 Å². The molecule has 1 N–H and O–H groups in total. The molecule has 1 aliphatic heterocycles. The van der Waals surface area contributed by atoms with Crippen molar-refractivity contribution >= 4 is 21.1 Å². The van der Waals surface area contributed by atoms with Crippen LogP contribution >= 0.6 is 0 Å². The van der Waals surface area contributed by atoms with Gasteiger partial charge in [-0.2, -0.15) is 0 Å². The molecule has 0 radical (unpaired) electrons. The van der Waals surface area contributed by atoms with Crippen molar-refractivity contribution in [2.75, 3.05) is 40.3 Å². The highest BCUT2D eigenvalue weighted by Crippen LogP contribution is 2.40. The number of hydrogen-bond acceptors (Lipinski definition) is 5. The van der Waals surface area contributed by atoms with Crippen molar-refractivity contribution in [3.05, 3.63) is 47.7 Å². The number of aromatic nitrogens is 2. The average molecular weight is 499 g/mol. The maximum atomic E-state index is 12.9. The molecule has 1 saturated heterocycles. The lowest BCUT2D eigenvalue weighted by Crippen LogP contribution is -2.42. The summed E-state index contributed by atoms with van der Waals surface area (Å²) in [6, 6.07) is 10.3. The third-order valence-electron chi connectivity index (χ3n) is 6.74. The van der Waals surface area contributed by atoms with E-state index in [1.165, 1.54) is 5.56 Å². The first-order valence-corrected chi connectivity index (χ1v) is 14.0. The van der Waals surface area contributed by atoms with E-state index in [0.29, 0.717) is 19.7 Å². The van der Waals surface area contributed by atoms with Gasteiger partial charge in [-0.3, -0.25) is 0 Å². The van der Waals surface area contributed by atoms with Crippen LogP contribution in [0.3, 0.4) is 0 Å². The van der Waals surface area contributed by atoms with Gasteiger partial charge in [0, 0.05) is 37.1 Å². The first-order chi connectivity index (χ1) is 16.7. The van der Waals surface area contributed by atoms with Gasteiger partial charge in [0.1, 0.15) is 11.4 Å². The Bertz CT molecular complexity index is 1250. The number of rotatable bonds is 9. The molecule has 8 heteroatoms. The van der Waals surface area contributed by atoms with Gasteiger partial charge in [-0.25, -0.2) is 17.7 Å². The molecule has 35 heavy (non-hydrogen) atoms. The van der Waals surface area contributed by atoms with Crippen LogP contribution in [0.5, 0.6) is 5.75 Å². The summed E-state index contributed by atoms with van der Waals surface area (Å²) >= 11 is 0. The lowest BCUT2D eigenvalue weighted by atomic mass is 9.88. The largest absolute Gasteiger partial charge is 0.494 e. The van der Waals surface area contributed by atoms with E-state index < -0.39 is 15.3 Å². The van der Waals surface area contributed by atoms with Crippen molar-refractivity contribution in [2.24, 2.45) is 0 Å². The Morgan fingerprint density at radius 2 is 1.97 bits per heavy atom. The Morgan fingerprint density at radius 1 is 1.23 bits per heavy atom. The number of fused-ring (bicyclic) bond motifs is 1.